The van der Waals surface area contributed by atoms with E-state index in [0.717, 1.165) is 43.4 Å². The molecule has 0 unspecified atom stereocenters. The summed E-state index contributed by atoms with van der Waals surface area (Å²) >= 11 is 8.00. The lowest BCUT2D eigenvalue weighted by Crippen LogP contribution is -2.54. The Kier molecular flexibility index (Phi) is 7.22. The third-order valence-corrected chi connectivity index (χ3v) is 7.12. The van der Waals surface area contributed by atoms with Gasteiger partial charge in [0, 0.05) is 69.7 Å². The molecule has 1 N–H and O–H groups in total. The normalized spacial score (nSPS) is 18.5. The second-order valence-corrected chi connectivity index (χ2v) is 10.2. The zero-order valence-corrected chi connectivity index (χ0v) is 20.8. The molecule has 1 amide bonds. The van der Waals surface area contributed by atoms with Crippen LogP contribution in [0.1, 0.15) is 32.3 Å². The standard InChI is InChI=1S/C23H33ClN6OS/c1-4-8-23(2)16-29(17-23)20-14-18(5-6-19(20)24)15-27-10-12-28(13-11-27)22(31)30-9-7-21(25-30)26-32-3/h5-7,9,14H,4,8,10-13,15-17H2,1-3H3,(H,25,26). The number of rotatable bonds is 7. The van der Waals surface area contributed by atoms with Gasteiger partial charge >= 0.3 is 6.03 Å². The Bertz CT molecular complexity index is 936. The number of hydrogen-bond donors (Lipinski definition) is 1. The average molecular weight is 477 g/mol. The lowest BCUT2D eigenvalue weighted by atomic mass is 9.78. The van der Waals surface area contributed by atoms with E-state index >= 15 is 0 Å². The molecule has 4 rings (SSSR count). The SMILES string of the molecule is CCCC1(C)CN(c2cc(CN3CCN(C(=O)n4ccc(NSC)n4)CC3)ccc2Cl)C1. The molecule has 174 valence electrons. The molecular weight excluding hydrogens is 444 g/mol. The Morgan fingerprint density at radius 2 is 1.97 bits per heavy atom. The Balaban J connectivity index is 1.31. The number of hydrogen-bond acceptors (Lipinski definition) is 6. The van der Waals surface area contributed by atoms with Gasteiger partial charge in [-0.25, -0.2) is 4.79 Å². The smallest absolute Gasteiger partial charge is 0.344 e. The second-order valence-electron chi connectivity index (χ2n) is 9.20. The van der Waals surface area contributed by atoms with Crippen molar-refractivity contribution in [1.82, 2.24) is 19.6 Å². The lowest BCUT2D eigenvalue weighted by molar-refractivity contribution is 0.134. The summed E-state index contributed by atoms with van der Waals surface area (Å²) in [7, 11) is 0. The number of amides is 1. The maximum atomic E-state index is 12.7. The van der Waals surface area contributed by atoms with Crippen molar-refractivity contribution in [3.63, 3.8) is 0 Å². The summed E-state index contributed by atoms with van der Waals surface area (Å²) in [6, 6.07) is 8.14. The highest BCUT2D eigenvalue weighted by Gasteiger charge is 2.38. The predicted molar refractivity (Wildman–Crippen MR) is 134 cm³/mol. The fraction of sp³-hybridized carbons (Fsp3) is 0.565. The van der Waals surface area contributed by atoms with Crippen LogP contribution in [-0.4, -0.2) is 71.1 Å². The zero-order chi connectivity index (χ0) is 22.7. The summed E-state index contributed by atoms with van der Waals surface area (Å²) in [5.41, 5.74) is 2.84. The average Bonchev–Trinajstić information content (AvgIpc) is 3.22. The Morgan fingerprint density at radius 1 is 1.22 bits per heavy atom. The first-order valence-corrected chi connectivity index (χ1v) is 12.9. The molecule has 0 radical (unpaired) electrons. The minimum Gasteiger partial charge on any atom is -0.369 e. The molecule has 0 atom stereocenters. The molecule has 32 heavy (non-hydrogen) atoms. The number of carbonyl (C=O) groups is 1. The molecule has 0 aliphatic carbocycles. The molecule has 0 bridgehead atoms. The minimum atomic E-state index is -0.0690. The van der Waals surface area contributed by atoms with Crippen molar-refractivity contribution in [3.05, 3.63) is 41.0 Å². The number of piperazine rings is 1. The number of benzene rings is 1. The van der Waals surface area contributed by atoms with E-state index in [4.69, 9.17) is 11.6 Å². The van der Waals surface area contributed by atoms with Crippen molar-refractivity contribution in [2.24, 2.45) is 5.41 Å². The van der Waals surface area contributed by atoms with Gasteiger partial charge in [0.15, 0.2) is 5.82 Å². The van der Waals surface area contributed by atoms with Crippen LogP contribution in [0.15, 0.2) is 30.5 Å². The van der Waals surface area contributed by atoms with Crippen LogP contribution in [0.3, 0.4) is 0 Å². The largest absolute Gasteiger partial charge is 0.369 e. The number of nitrogens with one attached hydrogen (secondary N) is 1. The molecular formula is C23H33ClN6OS. The van der Waals surface area contributed by atoms with Crippen molar-refractivity contribution >= 4 is 41.1 Å². The van der Waals surface area contributed by atoms with E-state index in [-0.39, 0.29) is 6.03 Å². The molecule has 2 aliphatic heterocycles. The fourth-order valence-corrected chi connectivity index (χ4v) is 5.35. The number of aromatic nitrogens is 2. The van der Waals surface area contributed by atoms with Crippen molar-refractivity contribution in [3.8, 4) is 0 Å². The van der Waals surface area contributed by atoms with E-state index in [2.05, 4.69) is 45.6 Å². The number of anilines is 2. The molecule has 1 aromatic carbocycles. The van der Waals surface area contributed by atoms with E-state index in [9.17, 15) is 4.79 Å². The summed E-state index contributed by atoms with van der Waals surface area (Å²) in [4.78, 5) is 19.4. The number of carbonyl (C=O) groups excluding carboxylic acids is 1. The highest BCUT2D eigenvalue weighted by Crippen LogP contribution is 2.40. The molecule has 3 heterocycles. The first kappa shape index (κ1) is 23.3. The van der Waals surface area contributed by atoms with Crippen LogP contribution >= 0.6 is 23.5 Å². The monoisotopic (exact) mass is 476 g/mol. The van der Waals surface area contributed by atoms with E-state index in [1.807, 2.05) is 23.3 Å². The predicted octanol–water partition coefficient (Wildman–Crippen LogP) is 4.64. The van der Waals surface area contributed by atoms with Gasteiger partial charge < -0.3 is 14.5 Å². The molecule has 9 heteroatoms. The first-order valence-electron chi connectivity index (χ1n) is 11.3. The van der Waals surface area contributed by atoms with Crippen LogP contribution in [0.25, 0.3) is 0 Å². The van der Waals surface area contributed by atoms with E-state index in [0.29, 0.717) is 24.3 Å². The van der Waals surface area contributed by atoms with Gasteiger partial charge in [0.05, 0.1) is 10.7 Å². The Hall–Kier alpha value is -1.90. The maximum Gasteiger partial charge on any atom is 0.344 e. The molecule has 2 aromatic rings. The van der Waals surface area contributed by atoms with E-state index in [1.165, 1.54) is 35.0 Å². The van der Waals surface area contributed by atoms with E-state index in [1.54, 1.807) is 6.20 Å². The third kappa shape index (κ3) is 5.18. The van der Waals surface area contributed by atoms with Gasteiger partial charge in [-0.2, -0.15) is 4.68 Å². The van der Waals surface area contributed by atoms with Crippen LogP contribution in [0, 0.1) is 5.41 Å². The molecule has 2 aliphatic rings. The van der Waals surface area contributed by atoms with Crippen LogP contribution in [0.2, 0.25) is 5.02 Å². The van der Waals surface area contributed by atoms with Crippen molar-refractivity contribution < 1.29 is 4.79 Å². The van der Waals surface area contributed by atoms with Gasteiger partial charge in [-0.05, 0) is 24.1 Å². The zero-order valence-electron chi connectivity index (χ0n) is 19.2. The fourth-order valence-electron chi connectivity index (χ4n) is 4.80. The van der Waals surface area contributed by atoms with E-state index < -0.39 is 0 Å². The van der Waals surface area contributed by atoms with Gasteiger partial charge in [-0.15, -0.1) is 5.10 Å². The van der Waals surface area contributed by atoms with Crippen LogP contribution in [-0.2, 0) is 6.54 Å². The number of nitrogens with zero attached hydrogens (tertiary/aromatic N) is 5. The molecule has 0 saturated carbocycles. The second kappa shape index (κ2) is 9.93. The summed E-state index contributed by atoms with van der Waals surface area (Å²) in [5, 5.41) is 5.13. The maximum absolute atomic E-state index is 12.7. The topological polar surface area (TPSA) is 56.6 Å². The van der Waals surface area contributed by atoms with Gasteiger partial charge in [-0.3, -0.25) is 4.90 Å². The van der Waals surface area contributed by atoms with Crippen molar-refractivity contribution in [2.75, 3.05) is 55.1 Å². The molecule has 1 aromatic heterocycles. The highest BCUT2D eigenvalue weighted by atomic mass is 35.5. The van der Waals surface area contributed by atoms with Gasteiger partial charge in [0.1, 0.15) is 0 Å². The highest BCUT2D eigenvalue weighted by molar-refractivity contribution is 7.99. The molecule has 0 spiro atoms. The molecule has 7 nitrogen and oxygen atoms in total. The minimum absolute atomic E-state index is 0.0690. The molecule has 2 fully saturated rings. The molecule has 2 saturated heterocycles. The van der Waals surface area contributed by atoms with Gasteiger partial charge in [0.25, 0.3) is 0 Å². The van der Waals surface area contributed by atoms with Gasteiger partial charge in [-0.1, -0.05) is 49.9 Å². The van der Waals surface area contributed by atoms with Crippen LogP contribution in [0.5, 0.6) is 0 Å². The summed E-state index contributed by atoms with van der Waals surface area (Å²) in [6.07, 6.45) is 6.13. The Labute approximate surface area is 200 Å². The summed E-state index contributed by atoms with van der Waals surface area (Å²) in [5.74, 6) is 0.695. The number of halogens is 1. The first-order chi connectivity index (χ1) is 15.4. The van der Waals surface area contributed by atoms with Gasteiger partial charge in [0.2, 0.25) is 0 Å². The summed E-state index contributed by atoms with van der Waals surface area (Å²) in [6.45, 7) is 10.7. The lowest BCUT2D eigenvalue weighted by Gasteiger charge is -2.50. The van der Waals surface area contributed by atoms with Crippen LogP contribution < -0.4 is 9.62 Å². The summed E-state index contributed by atoms with van der Waals surface area (Å²) < 4.78 is 4.46. The third-order valence-electron chi connectivity index (χ3n) is 6.39. The Morgan fingerprint density at radius 3 is 2.66 bits per heavy atom. The quantitative estimate of drug-likeness (QED) is 0.587. The van der Waals surface area contributed by atoms with Crippen molar-refractivity contribution in [1.29, 1.82) is 0 Å². The van der Waals surface area contributed by atoms with Crippen LogP contribution in [0.4, 0.5) is 16.3 Å². The van der Waals surface area contributed by atoms with Crippen molar-refractivity contribution in [2.45, 2.75) is 33.2 Å².